The van der Waals surface area contributed by atoms with E-state index in [-0.39, 0.29) is 11.1 Å². The molecule has 1 atom stereocenters. The number of hydrogen-bond donors (Lipinski definition) is 0. The Kier molecular flexibility index (Phi) is 5.35. The summed E-state index contributed by atoms with van der Waals surface area (Å²) in [6, 6.07) is 3.52. The highest BCUT2D eigenvalue weighted by Crippen LogP contribution is 2.23. The summed E-state index contributed by atoms with van der Waals surface area (Å²) in [5.41, 5.74) is 0.378. The van der Waals surface area contributed by atoms with Crippen LogP contribution in [0.2, 0.25) is 0 Å². The molecule has 1 aromatic rings. The molecule has 3 nitrogen and oxygen atoms in total. The number of aryl methyl sites for hydroxylation is 1. The number of alkyl halides is 1. The second kappa shape index (κ2) is 6.55. The Labute approximate surface area is 105 Å². The molecule has 17 heavy (non-hydrogen) atoms. The summed E-state index contributed by atoms with van der Waals surface area (Å²) in [6.45, 7) is 2.03. The monoisotopic (exact) mass is 259 g/mol. The van der Waals surface area contributed by atoms with Gasteiger partial charge in [-0.3, -0.25) is 10.1 Å². The Bertz CT molecular complexity index is 398. The molecule has 0 aliphatic rings. The predicted octanol–water partition coefficient (Wildman–Crippen LogP) is 4.07. The molecule has 0 spiro atoms. The summed E-state index contributed by atoms with van der Waals surface area (Å²) < 4.78 is 13.0. The normalized spacial score (nSPS) is 12.4. The second-order valence-electron chi connectivity index (χ2n) is 3.95. The van der Waals surface area contributed by atoms with Crippen molar-refractivity contribution in [3.05, 3.63) is 39.7 Å². The third-order valence-electron chi connectivity index (χ3n) is 2.57. The van der Waals surface area contributed by atoms with Gasteiger partial charge in [-0.2, -0.15) is 0 Å². The van der Waals surface area contributed by atoms with Crippen LogP contribution < -0.4 is 0 Å². The summed E-state index contributed by atoms with van der Waals surface area (Å²) >= 11 is 6.04. The van der Waals surface area contributed by atoms with E-state index in [1.54, 1.807) is 0 Å². The molecular formula is C12H15ClFNO2. The van der Waals surface area contributed by atoms with E-state index < -0.39 is 10.7 Å². The van der Waals surface area contributed by atoms with Gasteiger partial charge in [-0.05, 0) is 31.4 Å². The largest absolute Gasteiger partial charge is 0.272 e. The van der Waals surface area contributed by atoms with Gasteiger partial charge in [-0.25, -0.2) is 4.39 Å². The molecular weight excluding hydrogens is 245 g/mol. The molecule has 0 fully saturated rings. The average molecular weight is 260 g/mol. The molecule has 0 aromatic heterocycles. The van der Waals surface area contributed by atoms with Crippen molar-refractivity contribution in [2.75, 3.05) is 0 Å². The number of rotatable bonds is 6. The molecule has 1 aromatic carbocycles. The molecule has 0 saturated carbocycles. The number of benzene rings is 1. The summed E-state index contributed by atoms with van der Waals surface area (Å²) in [5, 5.41) is 10.7. The lowest BCUT2D eigenvalue weighted by Crippen LogP contribution is -2.03. The Balaban J connectivity index is 2.75. The summed E-state index contributed by atoms with van der Waals surface area (Å²) in [6.07, 6.45) is 2.89. The van der Waals surface area contributed by atoms with Crippen LogP contribution in [-0.4, -0.2) is 10.3 Å². The quantitative estimate of drug-likeness (QED) is 0.439. The van der Waals surface area contributed by atoms with E-state index in [0.29, 0.717) is 18.4 Å². The fourth-order valence-corrected chi connectivity index (χ4v) is 2.03. The van der Waals surface area contributed by atoms with Crippen LogP contribution in [0.25, 0.3) is 0 Å². The third-order valence-corrected chi connectivity index (χ3v) is 3.00. The molecule has 0 saturated heterocycles. The van der Waals surface area contributed by atoms with Crippen molar-refractivity contribution in [3.63, 3.8) is 0 Å². The maximum atomic E-state index is 13.0. The zero-order valence-electron chi connectivity index (χ0n) is 9.66. The topological polar surface area (TPSA) is 43.1 Å². The molecule has 0 bridgehead atoms. The minimum atomic E-state index is -0.488. The number of nitrogens with zero attached hydrogens (tertiary/aromatic N) is 1. The lowest BCUT2D eigenvalue weighted by molar-refractivity contribution is -0.385. The van der Waals surface area contributed by atoms with Gasteiger partial charge in [0.2, 0.25) is 0 Å². The highest BCUT2D eigenvalue weighted by molar-refractivity contribution is 6.20. The fraction of sp³-hybridized carbons (Fsp3) is 0.500. The van der Waals surface area contributed by atoms with Crippen LogP contribution in [0.1, 0.15) is 31.7 Å². The molecule has 0 N–H and O–H groups in total. The van der Waals surface area contributed by atoms with Crippen LogP contribution in [0.15, 0.2) is 18.2 Å². The third kappa shape index (κ3) is 4.30. The van der Waals surface area contributed by atoms with E-state index >= 15 is 0 Å². The minimum absolute atomic E-state index is 0.0112. The molecule has 0 aliphatic carbocycles. The Morgan fingerprint density at radius 2 is 2.18 bits per heavy atom. The van der Waals surface area contributed by atoms with Gasteiger partial charge in [0, 0.05) is 17.0 Å². The van der Waals surface area contributed by atoms with Crippen LogP contribution in [0.4, 0.5) is 10.1 Å². The first-order chi connectivity index (χ1) is 8.04. The lowest BCUT2D eigenvalue weighted by atomic mass is 10.0. The maximum Gasteiger partial charge on any atom is 0.272 e. The highest BCUT2D eigenvalue weighted by Gasteiger charge is 2.15. The summed E-state index contributed by atoms with van der Waals surface area (Å²) in [7, 11) is 0. The number of halogens is 2. The zero-order chi connectivity index (χ0) is 12.8. The van der Waals surface area contributed by atoms with Gasteiger partial charge in [0.15, 0.2) is 0 Å². The van der Waals surface area contributed by atoms with Crippen molar-refractivity contribution in [1.29, 1.82) is 0 Å². The van der Waals surface area contributed by atoms with Crippen molar-refractivity contribution in [3.8, 4) is 0 Å². The molecule has 0 amide bonds. The molecule has 5 heteroatoms. The highest BCUT2D eigenvalue weighted by atomic mass is 35.5. The molecule has 94 valence electrons. The van der Waals surface area contributed by atoms with Crippen molar-refractivity contribution in [2.45, 2.75) is 38.0 Å². The molecule has 1 unspecified atom stereocenters. The van der Waals surface area contributed by atoms with E-state index in [1.165, 1.54) is 12.1 Å². The first kappa shape index (κ1) is 13.9. The van der Waals surface area contributed by atoms with Gasteiger partial charge >= 0.3 is 0 Å². The first-order valence-electron chi connectivity index (χ1n) is 5.61. The van der Waals surface area contributed by atoms with Crippen molar-refractivity contribution >= 4 is 17.3 Å². The van der Waals surface area contributed by atoms with Gasteiger partial charge in [0.25, 0.3) is 5.69 Å². The molecule has 0 radical (unpaired) electrons. The molecule has 0 heterocycles. The summed E-state index contributed by atoms with van der Waals surface area (Å²) in [5.74, 6) is -0.452. The smallest absolute Gasteiger partial charge is 0.258 e. The minimum Gasteiger partial charge on any atom is -0.258 e. The van der Waals surface area contributed by atoms with Gasteiger partial charge < -0.3 is 0 Å². The number of nitro benzene ring substituents is 1. The van der Waals surface area contributed by atoms with Gasteiger partial charge in [-0.15, -0.1) is 11.6 Å². The average Bonchev–Trinajstić information content (AvgIpc) is 2.26. The molecule has 1 rings (SSSR count). The lowest BCUT2D eigenvalue weighted by Gasteiger charge is -2.08. The second-order valence-corrected chi connectivity index (χ2v) is 4.57. The van der Waals surface area contributed by atoms with E-state index in [0.717, 1.165) is 18.9 Å². The van der Waals surface area contributed by atoms with Crippen LogP contribution in [0.3, 0.4) is 0 Å². The predicted molar refractivity (Wildman–Crippen MR) is 65.9 cm³/mol. The van der Waals surface area contributed by atoms with Crippen molar-refractivity contribution in [1.82, 2.24) is 0 Å². The standard InChI is InChI=1S/C12H15ClFNO2/c1-2-3-10(13)5-4-9-8-11(14)6-7-12(9)15(16)17/h6-8,10H,2-5H2,1H3. The van der Waals surface area contributed by atoms with Crippen molar-refractivity contribution < 1.29 is 9.31 Å². The Morgan fingerprint density at radius 3 is 2.76 bits per heavy atom. The van der Waals surface area contributed by atoms with E-state index in [2.05, 4.69) is 0 Å². The van der Waals surface area contributed by atoms with E-state index in [1.807, 2.05) is 6.92 Å². The van der Waals surface area contributed by atoms with Crippen LogP contribution in [0, 0.1) is 15.9 Å². The van der Waals surface area contributed by atoms with Crippen LogP contribution in [-0.2, 0) is 6.42 Å². The first-order valence-corrected chi connectivity index (χ1v) is 6.05. The number of hydrogen-bond acceptors (Lipinski definition) is 2. The van der Waals surface area contributed by atoms with E-state index in [9.17, 15) is 14.5 Å². The van der Waals surface area contributed by atoms with Crippen molar-refractivity contribution in [2.24, 2.45) is 0 Å². The van der Waals surface area contributed by atoms with Gasteiger partial charge in [-0.1, -0.05) is 13.3 Å². The zero-order valence-corrected chi connectivity index (χ0v) is 10.4. The Hall–Kier alpha value is -1.16. The van der Waals surface area contributed by atoms with Gasteiger partial charge in [0.05, 0.1) is 4.92 Å². The SMILES string of the molecule is CCCC(Cl)CCc1cc(F)ccc1[N+](=O)[O-]. The fourth-order valence-electron chi connectivity index (χ4n) is 1.70. The summed E-state index contributed by atoms with van der Waals surface area (Å²) in [4.78, 5) is 10.3. The van der Waals surface area contributed by atoms with Crippen LogP contribution >= 0.6 is 11.6 Å². The Morgan fingerprint density at radius 1 is 1.47 bits per heavy atom. The van der Waals surface area contributed by atoms with E-state index in [4.69, 9.17) is 11.6 Å². The number of nitro groups is 1. The molecule has 0 aliphatic heterocycles. The van der Waals surface area contributed by atoms with Gasteiger partial charge in [0.1, 0.15) is 5.82 Å². The van der Waals surface area contributed by atoms with Crippen LogP contribution in [0.5, 0.6) is 0 Å². The maximum absolute atomic E-state index is 13.0.